The third-order valence-electron chi connectivity index (χ3n) is 3.31. The summed E-state index contributed by atoms with van der Waals surface area (Å²) in [5, 5.41) is 4.11. The number of rotatable bonds is 2. The summed E-state index contributed by atoms with van der Waals surface area (Å²) in [6.45, 7) is 0. The van der Waals surface area contributed by atoms with Crippen molar-refractivity contribution in [3.63, 3.8) is 0 Å². The standard InChI is InChI=1S/C11H17N3O2/c1-14-9(11(12)5-3-4-6-11)8(7-13-14)10(15)16-2/h7H,3-6,12H2,1-2H3. The number of esters is 1. The predicted octanol–water partition coefficient (Wildman–Crippen LogP) is 0.935. The summed E-state index contributed by atoms with van der Waals surface area (Å²) in [5.74, 6) is -0.361. The summed E-state index contributed by atoms with van der Waals surface area (Å²) >= 11 is 0. The molecule has 0 aromatic carbocycles. The third kappa shape index (κ3) is 1.61. The van der Waals surface area contributed by atoms with Gasteiger partial charge in [0.25, 0.3) is 0 Å². The van der Waals surface area contributed by atoms with Crippen LogP contribution in [0.15, 0.2) is 6.20 Å². The molecule has 1 aliphatic rings. The fraction of sp³-hybridized carbons (Fsp3) is 0.636. The molecule has 0 aliphatic heterocycles. The second kappa shape index (κ2) is 3.90. The molecule has 1 fully saturated rings. The maximum Gasteiger partial charge on any atom is 0.341 e. The molecule has 88 valence electrons. The van der Waals surface area contributed by atoms with Crippen molar-refractivity contribution in [1.29, 1.82) is 0 Å². The molecule has 1 aromatic rings. The second-order valence-electron chi connectivity index (χ2n) is 4.39. The van der Waals surface area contributed by atoms with E-state index in [1.165, 1.54) is 13.3 Å². The molecule has 0 bridgehead atoms. The van der Waals surface area contributed by atoms with Crippen LogP contribution in [0.3, 0.4) is 0 Å². The Balaban J connectivity index is 2.46. The Bertz CT molecular complexity index is 405. The Morgan fingerprint density at radius 2 is 2.19 bits per heavy atom. The summed E-state index contributed by atoms with van der Waals surface area (Å²) in [5.41, 5.74) is 7.23. The molecule has 16 heavy (non-hydrogen) atoms. The van der Waals surface area contributed by atoms with Crippen molar-refractivity contribution in [2.45, 2.75) is 31.2 Å². The summed E-state index contributed by atoms with van der Waals surface area (Å²) in [6, 6.07) is 0. The maximum absolute atomic E-state index is 11.6. The van der Waals surface area contributed by atoms with E-state index in [-0.39, 0.29) is 5.97 Å². The number of carbonyl (C=O) groups excluding carboxylic acids is 1. The van der Waals surface area contributed by atoms with Crippen LogP contribution in [-0.2, 0) is 17.3 Å². The van der Waals surface area contributed by atoms with E-state index in [1.807, 2.05) is 7.05 Å². The number of nitrogens with two attached hydrogens (primary N) is 1. The van der Waals surface area contributed by atoms with Crippen LogP contribution in [0, 0.1) is 0 Å². The smallest absolute Gasteiger partial charge is 0.341 e. The Hall–Kier alpha value is -1.36. The minimum atomic E-state index is -0.422. The molecule has 0 amide bonds. The van der Waals surface area contributed by atoms with Gasteiger partial charge in [0.1, 0.15) is 5.56 Å². The number of aryl methyl sites for hydroxylation is 1. The van der Waals surface area contributed by atoms with E-state index < -0.39 is 5.54 Å². The summed E-state index contributed by atoms with van der Waals surface area (Å²) in [4.78, 5) is 11.6. The molecule has 0 unspecified atom stereocenters. The van der Waals surface area contributed by atoms with Crippen molar-refractivity contribution in [3.05, 3.63) is 17.5 Å². The van der Waals surface area contributed by atoms with Crippen molar-refractivity contribution in [3.8, 4) is 0 Å². The number of hydrogen-bond donors (Lipinski definition) is 1. The molecular formula is C11H17N3O2. The molecule has 1 aliphatic carbocycles. The van der Waals surface area contributed by atoms with Gasteiger partial charge in [0.15, 0.2) is 0 Å². The zero-order chi connectivity index (χ0) is 11.8. The van der Waals surface area contributed by atoms with Gasteiger partial charge in [-0.3, -0.25) is 4.68 Å². The predicted molar refractivity (Wildman–Crippen MR) is 58.9 cm³/mol. The van der Waals surface area contributed by atoms with Gasteiger partial charge in [-0.15, -0.1) is 0 Å². The molecule has 2 rings (SSSR count). The summed E-state index contributed by atoms with van der Waals surface area (Å²) in [7, 11) is 3.19. The molecule has 5 nitrogen and oxygen atoms in total. The van der Waals surface area contributed by atoms with Crippen LogP contribution < -0.4 is 5.73 Å². The molecule has 1 saturated carbocycles. The summed E-state index contributed by atoms with van der Waals surface area (Å²) < 4.78 is 6.44. The zero-order valence-electron chi connectivity index (χ0n) is 9.69. The topological polar surface area (TPSA) is 70.1 Å². The van der Waals surface area contributed by atoms with Crippen LogP contribution in [0.25, 0.3) is 0 Å². The number of hydrogen-bond acceptors (Lipinski definition) is 4. The van der Waals surface area contributed by atoms with Gasteiger partial charge in [0, 0.05) is 7.05 Å². The van der Waals surface area contributed by atoms with E-state index in [4.69, 9.17) is 10.5 Å². The van der Waals surface area contributed by atoms with Crippen LogP contribution in [-0.4, -0.2) is 22.9 Å². The first-order valence-corrected chi connectivity index (χ1v) is 5.48. The fourth-order valence-electron chi connectivity index (χ4n) is 2.53. The van der Waals surface area contributed by atoms with Crippen molar-refractivity contribution < 1.29 is 9.53 Å². The first-order chi connectivity index (χ1) is 7.58. The van der Waals surface area contributed by atoms with Crippen LogP contribution >= 0.6 is 0 Å². The van der Waals surface area contributed by atoms with Crippen molar-refractivity contribution in [2.75, 3.05) is 7.11 Å². The Morgan fingerprint density at radius 1 is 1.56 bits per heavy atom. The van der Waals surface area contributed by atoms with E-state index in [1.54, 1.807) is 4.68 Å². The average molecular weight is 223 g/mol. The van der Waals surface area contributed by atoms with Crippen LogP contribution in [0.1, 0.15) is 41.7 Å². The van der Waals surface area contributed by atoms with Gasteiger partial charge in [0.05, 0.1) is 24.5 Å². The lowest BCUT2D eigenvalue weighted by Crippen LogP contribution is -2.37. The largest absolute Gasteiger partial charge is 0.465 e. The Kier molecular flexibility index (Phi) is 2.71. The normalized spacial score (nSPS) is 18.7. The third-order valence-corrected chi connectivity index (χ3v) is 3.31. The average Bonchev–Trinajstić information content (AvgIpc) is 2.84. The lowest BCUT2D eigenvalue weighted by Gasteiger charge is -2.24. The molecule has 0 radical (unpaired) electrons. The van der Waals surface area contributed by atoms with Gasteiger partial charge >= 0.3 is 5.97 Å². The number of methoxy groups -OCH3 is 1. The fourth-order valence-corrected chi connectivity index (χ4v) is 2.53. The van der Waals surface area contributed by atoms with Gasteiger partial charge < -0.3 is 10.5 Å². The van der Waals surface area contributed by atoms with Gasteiger partial charge in [0.2, 0.25) is 0 Å². The molecule has 0 saturated heterocycles. The highest BCUT2D eigenvalue weighted by Gasteiger charge is 2.37. The molecule has 0 atom stereocenters. The van der Waals surface area contributed by atoms with E-state index in [9.17, 15) is 4.79 Å². The quantitative estimate of drug-likeness (QED) is 0.757. The van der Waals surface area contributed by atoms with Gasteiger partial charge in [-0.1, -0.05) is 12.8 Å². The van der Waals surface area contributed by atoms with Crippen LogP contribution in [0.2, 0.25) is 0 Å². The maximum atomic E-state index is 11.6. The molecule has 2 N–H and O–H groups in total. The van der Waals surface area contributed by atoms with E-state index in [0.717, 1.165) is 31.4 Å². The lowest BCUT2D eigenvalue weighted by atomic mass is 9.91. The molecular weight excluding hydrogens is 206 g/mol. The molecule has 0 spiro atoms. The molecule has 1 heterocycles. The van der Waals surface area contributed by atoms with E-state index >= 15 is 0 Å². The number of nitrogens with zero attached hydrogens (tertiary/aromatic N) is 2. The Labute approximate surface area is 94.6 Å². The first-order valence-electron chi connectivity index (χ1n) is 5.48. The van der Waals surface area contributed by atoms with E-state index in [0.29, 0.717) is 5.56 Å². The van der Waals surface area contributed by atoms with Crippen molar-refractivity contribution >= 4 is 5.97 Å². The van der Waals surface area contributed by atoms with Crippen LogP contribution in [0.5, 0.6) is 0 Å². The van der Waals surface area contributed by atoms with E-state index in [2.05, 4.69) is 5.10 Å². The van der Waals surface area contributed by atoms with Crippen LogP contribution in [0.4, 0.5) is 0 Å². The van der Waals surface area contributed by atoms with Crippen molar-refractivity contribution in [1.82, 2.24) is 9.78 Å². The summed E-state index contributed by atoms with van der Waals surface area (Å²) in [6.07, 6.45) is 5.53. The number of carbonyl (C=O) groups is 1. The first kappa shape index (κ1) is 11.1. The highest BCUT2D eigenvalue weighted by atomic mass is 16.5. The molecule has 5 heteroatoms. The molecule has 1 aromatic heterocycles. The minimum absolute atomic E-state index is 0.361. The second-order valence-corrected chi connectivity index (χ2v) is 4.39. The SMILES string of the molecule is COC(=O)c1cnn(C)c1C1(N)CCCC1. The lowest BCUT2D eigenvalue weighted by molar-refractivity contribution is 0.0597. The highest BCUT2D eigenvalue weighted by Crippen LogP contribution is 2.37. The highest BCUT2D eigenvalue weighted by molar-refractivity contribution is 5.90. The zero-order valence-corrected chi connectivity index (χ0v) is 9.69. The van der Waals surface area contributed by atoms with Gasteiger partial charge in [-0.25, -0.2) is 4.79 Å². The Morgan fingerprint density at radius 3 is 2.75 bits per heavy atom. The number of ether oxygens (including phenoxy) is 1. The monoisotopic (exact) mass is 223 g/mol. The minimum Gasteiger partial charge on any atom is -0.465 e. The van der Waals surface area contributed by atoms with Gasteiger partial charge in [-0.2, -0.15) is 5.10 Å². The van der Waals surface area contributed by atoms with Gasteiger partial charge in [-0.05, 0) is 12.8 Å². The van der Waals surface area contributed by atoms with Crippen molar-refractivity contribution in [2.24, 2.45) is 12.8 Å². The number of aromatic nitrogens is 2.